The lowest BCUT2D eigenvalue weighted by Gasteiger charge is -2.47. The van der Waals surface area contributed by atoms with Gasteiger partial charge >= 0.3 is 0 Å². The molecule has 0 radical (unpaired) electrons. The molecule has 0 amide bonds. The summed E-state index contributed by atoms with van der Waals surface area (Å²) < 4.78 is 54.0. The summed E-state index contributed by atoms with van der Waals surface area (Å²) in [5, 5.41) is 10.7. The maximum absolute atomic E-state index is 12.7. The van der Waals surface area contributed by atoms with Crippen LogP contribution in [0.4, 0.5) is 0 Å². The van der Waals surface area contributed by atoms with Gasteiger partial charge in [0.2, 0.25) is 0 Å². The summed E-state index contributed by atoms with van der Waals surface area (Å²) >= 11 is 0. The largest absolute Gasteiger partial charge is 0.385 e. The van der Waals surface area contributed by atoms with E-state index in [1.807, 2.05) is 30.3 Å². The topological polar surface area (TPSA) is 101 Å². The number of fused-ring (bicyclic) bond motifs is 1. The van der Waals surface area contributed by atoms with Gasteiger partial charge in [0, 0.05) is 7.11 Å². The zero-order valence-electron chi connectivity index (χ0n) is 17.1. The van der Waals surface area contributed by atoms with Crippen molar-refractivity contribution in [3.05, 3.63) is 66.2 Å². The van der Waals surface area contributed by atoms with E-state index in [2.05, 4.69) is 0 Å². The molecule has 0 aromatic heterocycles. The molecule has 4 rings (SSSR count). The van der Waals surface area contributed by atoms with Gasteiger partial charge in [-0.3, -0.25) is 0 Å². The normalized spacial score (nSPS) is 31.2. The smallest absolute Gasteiger partial charge is 0.186 e. The van der Waals surface area contributed by atoms with Crippen molar-refractivity contribution in [1.29, 1.82) is 0 Å². The molecule has 8 nitrogen and oxygen atoms in total. The molecule has 1 N–H and O–H groups in total. The Balaban J connectivity index is 1.48. The highest BCUT2D eigenvalue weighted by Crippen LogP contribution is 2.32. The maximum atomic E-state index is 12.7. The molecule has 0 spiro atoms. The molecule has 0 aliphatic carbocycles. The first-order valence-corrected chi connectivity index (χ1v) is 11.7. The summed E-state index contributed by atoms with van der Waals surface area (Å²) in [4.78, 5) is 0.195. The summed E-state index contributed by atoms with van der Waals surface area (Å²) in [6.45, 7) is 0.344. The van der Waals surface area contributed by atoms with Gasteiger partial charge in [-0.25, -0.2) is 8.42 Å². The Morgan fingerprint density at radius 3 is 2.39 bits per heavy atom. The molecule has 9 heteroatoms. The van der Waals surface area contributed by atoms with Crippen LogP contribution in [0.3, 0.4) is 0 Å². The second kappa shape index (κ2) is 9.74. The van der Waals surface area contributed by atoms with Gasteiger partial charge in [0.15, 0.2) is 22.4 Å². The minimum absolute atomic E-state index is 0.0947. The fraction of sp³-hybridized carbons (Fsp3) is 0.455. The predicted molar refractivity (Wildman–Crippen MR) is 110 cm³/mol. The molecule has 1 unspecified atom stereocenters. The van der Waals surface area contributed by atoms with Crippen molar-refractivity contribution >= 4 is 9.84 Å². The van der Waals surface area contributed by atoms with Gasteiger partial charge < -0.3 is 28.8 Å². The Labute approximate surface area is 181 Å². The van der Waals surface area contributed by atoms with Gasteiger partial charge in [-0.1, -0.05) is 48.5 Å². The second-order valence-electron chi connectivity index (χ2n) is 7.49. The molecule has 6 atom stereocenters. The van der Waals surface area contributed by atoms with E-state index in [0.717, 1.165) is 5.56 Å². The van der Waals surface area contributed by atoms with Crippen molar-refractivity contribution in [2.45, 2.75) is 48.5 Å². The first kappa shape index (κ1) is 22.3. The number of hydrogen-bond acceptors (Lipinski definition) is 8. The van der Waals surface area contributed by atoms with Crippen molar-refractivity contribution < 1.29 is 37.2 Å². The van der Waals surface area contributed by atoms with Gasteiger partial charge in [-0.15, -0.1) is 0 Å². The van der Waals surface area contributed by atoms with Crippen LogP contribution in [-0.4, -0.2) is 70.0 Å². The standard InChI is InChI=1S/C22H26O8S/c1-26-22-19(23)21(28-12-15-8-4-2-5-9-15)20-17(29-22)13-27-18(30-20)14-31(24,25)16-10-6-3-7-11-16/h2-11,17-23H,12-14H2,1H3/t17-,18?,19+,20-,21-,22+/m1/s1. The van der Waals surface area contributed by atoms with Gasteiger partial charge in [0.1, 0.15) is 30.2 Å². The molecule has 2 saturated heterocycles. The molecule has 168 valence electrons. The Hall–Kier alpha value is -1.85. The molecule has 2 aliphatic rings. The zero-order valence-corrected chi connectivity index (χ0v) is 17.9. The van der Waals surface area contributed by atoms with Crippen LogP contribution in [0.1, 0.15) is 5.56 Å². The van der Waals surface area contributed by atoms with Crippen LogP contribution in [0.25, 0.3) is 0 Å². The van der Waals surface area contributed by atoms with Crippen molar-refractivity contribution in [2.24, 2.45) is 0 Å². The molecular formula is C22H26O8S. The van der Waals surface area contributed by atoms with Crippen molar-refractivity contribution in [2.75, 3.05) is 19.5 Å². The van der Waals surface area contributed by atoms with Crippen LogP contribution < -0.4 is 0 Å². The number of sulfone groups is 1. The Morgan fingerprint density at radius 2 is 1.71 bits per heavy atom. The van der Waals surface area contributed by atoms with E-state index in [1.165, 1.54) is 19.2 Å². The lowest BCUT2D eigenvalue weighted by atomic mass is 9.98. The van der Waals surface area contributed by atoms with Crippen LogP contribution in [0, 0.1) is 0 Å². The number of methoxy groups -OCH3 is 1. The molecule has 2 fully saturated rings. The second-order valence-corrected chi connectivity index (χ2v) is 9.52. The quantitative estimate of drug-likeness (QED) is 0.678. The van der Waals surface area contributed by atoms with Crippen LogP contribution in [0.2, 0.25) is 0 Å². The number of rotatable bonds is 7. The highest BCUT2D eigenvalue weighted by molar-refractivity contribution is 7.91. The number of hydrogen-bond donors (Lipinski definition) is 1. The number of aliphatic hydroxyl groups is 1. The van der Waals surface area contributed by atoms with Gasteiger partial charge in [0.25, 0.3) is 0 Å². The lowest BCUT2D eigenvalue weighted by molar-refractivity contribution is -0.357. The molecular weight excluding hydrogens is 424 g/mol. The molecule has 31 heavy (non-hydrogen) atoms. The molecule has 2 aliphatic heterocycles. The average Bonchev–Trinajstić information content (AvgIpc) is 2.79. The van der Waals surface area contributed by atoms with Crippen molar-refractivity contribution in [3.63, 3.8) is 0 Å². The summed E-state index contributed by atoms with van der Waals surface area (Å²) in [5.74, 6) is -0.352. The van der Waals surface area contributed by atoms with Crippen LogP contribution in [0.15, 0.2) is 65.6 Å². The third kappa shape index (κ3) is 5.15. The maximum Gasteiger partial charge on any atom is 0.186 e. The van der Waals surface area contributed by atoms with Gasteiger partial charge in [-0.2, -0.15) is 0 Å². The zero-order chi connectivity index (χ0) is 21.8. The Morgan fingerprint density at radius 1 is 1.03 bits per heavy atom. The Bertz CT molecular complexity index is 936. The van der Waals surface area contributed by atoms with Crippen LogP contribution in [0.5, 0.6) is 0 Å². The first-order valence-electron chi connectivity index (χ1n) is 10.0. The third-order valence-corrected chi connectivity index (χ3v) is 7.05. The van der Waals surface area contributed by atoms with Gasteiger partial charge in [0.05, 0.1) is 18.1 Å². The van der Waals surface area contributed by atoms with E-state index < -0.39 is 46.8 Å². The molecule has 2 aromatic carbocycles. The van der Waals surface area contributed by atoms with Crippen molar-refractivity contribution in [3.8, 4) is 0 Å². The fourth-order valence-electron chi connectivity index (χ4n) is 3.75. The van der Waals surface area contributed by atoms with E-state index in [-0.39, 0.29) is 23.9 Å². The highest BCUT2D eigenvalue weighted by Gasteiger charge is 2.50. The van der Waals surface area contributed by atoms with Gasteiger partial charge in [-0.05, 0) is 17.7 Å². The lowest BCUT2D eigenvalue weighted by Crippen LogP contribution is -2.64. The SMILES string of the molecule is CO[C@H]1O[C@@H]2COC(CS(=O)(=O)c3ccccc3)O[C@H]2[C@H](OCc2ccccc2)[C@@H]1O. The summed E-state index contributed by atoms with van der Waals surface area (Å²) in [7, 11) is -2.19. The Kier molecular flexibility index (Phi) is 7.02. The summed E-state index contributed by atoms with van der Waals surface area (Å²) in [6, 6.07) is 17.7. The fourth-order valence-corrected chi connectivity index (χ4v) is 5.05. The summed E-state index contributed by atoms with van der Waals surface area (Å²) in [6.07, 6.45) is -5.09. The van der Waals surface area contributed by atoms with E-state index in [9.17, 15) is 13.5 Å². The molecule has 0 bridgehead atoms. The minimum atomic E-state index is -3.62. The number of aliphatic hydroxyl groups excluding tert-OH is 1. The molecule has 0 saturated carbocycles. The predicted octanol–water partition coefficient (Wildman–Crippen LogP) is 1.52. The van der Waals surface area contributed by atoms with E-state index in [4.69, 9.17) is 23.7 Å². The summed E-state index contributed by atoms with van der Waals surface area (Å²) in [5.41, 5.74) is 0.932. The molecule has 2 aromatic rings. The van der Waals surface area contributed by atoms with E-state index >= 15 is 0 Å². The van der Waals surface area contributed by atoms with E-state index in [0.29, 0.717) is 0 Å². The minimum Gasteiger partial charge on any atom is -0.385 e. The average molecular weight is 451 g/mol. The number of benzene rings is 2. The highest BCUT2D eigenvalue weighted by atomic mass is 32.2. The third-order valence-electron chi connectivity index (χ3n) is 5.35. The monoisotopic (exact) mass is 450 g/mol. The number of ether oxygens (including phenoxy) is 5. The first-order chi connectivity index (χ1) is 15.0. The van der Waals surface area contributed by atoms with E-state index in [1.54, 1.807) is 18.2 Å². The van der Waals surface area contributed by atoms with Crippen LogP contribution in [-0.2, 0) is 40.1 Å². The molecule has 2 heterocycles. The van der Waals surface area contributed by atoms with Crippen LogP contribution >= 0.6 is 0 Å². The van der Waals surface area contributed by atoms with Crippen molar-refractivity contribution in [1.82, 2.24) is 0 Å².